The molecule has 0 amide bonds. The Labute approximate surface area is 99.7 Å². The first-order chi connectivity index (χ1) is 6.86. The van der Waals surface area contributed by atoms with Crippen molar-refractivity contribution in [2.24, 2.45) is 0 Å². The number of hydrogen-bond acceptors (Lipinski definition) is 1. The van der Waals surface area contributed by atoms with Crippen LogP contribution in [-0.4, -0.2) is 12.6 Å². The molecule has 0 heterocycles. The van der Waals surface area contributed by atoms with Crippen LogP contribution in [0.25, 0.3) is 0 Å². The van der Waals surface area contributed by atoms with Crippen LogP contribution in [-0.2, 0) is 6.42 Å². The summed E-state index contributed by atoms with van der Waals surface area (Å²) in [7, 11) is 0. The molecule has 1 aromatic rings. The Morgan fingerprint density at radius 1 is 1.07 bits per heavy atom. The van der Waals surface area contributed by atoms with Crippen molar-refractivity contribution in [2.75, 3.05) is 6.54 Å². The minimum Gasteiger partial charge on any atom is -0.314 e. The molecule has 0 fully saturated rings. The second kappa shape index (κ2) is 8.75. The van der Waals surface area contributed by atoms with Crippen molar-refractivity contribution in [3.05, 3.63) is 35.9 Å². The molecule has 86 valence electrons. The molecule has 1 nitrogen and oxygen atoms in total. The monoisotopic (exact) mass is 227 g/mol. The molecule has 0 radical (unpaired) electrons. The van der Waals surface area contributed by atoms with Crippen molar-refractivity contribution in [3.63, 3.8) is 0 Å². The molecule has 0 saturated heterocycles. The van der Waals surface area contributed by atoms with Gasteiger partial charge in [0.15, 0.2) is 0 Å². The molecule has 0 aliphatic carbocycles. The quantitative estimate of drug-likeness (QED) is 0.785. The van der Waals surface area contributed by atoms with E-state index in [9.17, 15) is 0 Å². The van der Waals surface area contributed by atoms with Crippen molar-refractivity contribution in [1.82, 2.24) is 5.32 Å². The molecule has 0 aliphatic heterocycles. The first-order valence-electron chi connectivity index (χ1n) is 5.64. The summed E-state index contributed by atoms with van der Waals surface area (Å²) in [6.45, 7) is 5.57. The SMILES string of the molecule is CCC(CC)NCCc1ccccc1.Cl. The van der Waals surface area contributed by atoms with E-state index in [-0.39, 0.29) is 12.4 Å². The van der Waals surface area contributed by atoms with Gasteiger partial charge in [-0.1, -0.05) is 44.2 Å². The molecule has 15 heavy (non-hydrogen) atoms. The lowest BCUT2D eigenvalue weighted by Crippen LogP contribution is -2.29. The number of halogens is 1. The van der Waals surface area contributed by atoms with Crippen LogP contribution < -0.4 is 5.32 Å². The van der Waals surface area contributed by atoms with Gasteiger partial charge in [0.25, 0.3) is 0 Å². The average molecular weight is 228 g/mol. The third-order valence-electron chi connectivity index (χ3n) is 2.68. The third kappa shape index (κ3) is 5.81. The van der Waals surface area contributed by atoms with Crippen molar-refractivity contribution >= 4 is 12.4 Å². The number of nitrogens with one attached hydrogen (secondary N) is 1. The Balaban J connectivity index is 0.00000196. The van der Waals surface area contributed by atoms with Gasteiger partial charge in [-0.2, -0.15) is 0 Å². The predicted octanol–water partition coefficient (Wildman–Crippen LogP) is 3.43. The van der Waals surface area contributed by atoms with Crippen molar-refractivity contribution in [1.29, 1.82) is 0 Å². The second-order valence-corrected chi connectivity index (χ2v) is 3.70. The van der Waals surface area contributed by atoms with Crippen molar-refractivity contribution in [3.8, 4) is 0 Å². The summed E-state index contributed by atoms with van der Waals surface area (Å²) in [6, 6.07) is 11.3. The van der Waals surface area contributed by atoms with Gasteiger partial charge in [-0.3, -0.25) is 0 Å². The predicted molar refractivity (Wildman–Crippen MR) is 69.8 cm³/mol. The first-order valence-corrected chi connectivity index (χ1v) is 5.64. The van der Waals surface area contributed by atoms with Gasteiger partial charge in [-0.25, -0.2) is 0 Å². The van der Waals surface area contributed by atoms with Gasteiger partial charge >= 0.3 is 0 Å². The topological polar surface area (TPSA) is 12.0 Å². The van der Waals surface area contributed by atoms with Crippen molar-refractivity contribution < 1.29 is 0 Å². The normalized spacial score (nSPS) is 10.1. The zero-order chi connectivity index (χ0) is 10.2. The fourth-order valence-corrected chi connectivity index (χ4v) is 1.64. The maximum atomic E-state index is 3.57. The van der Waals surface area contributed by atoms with E-state index in [2.05, 4.69) is 49.5 Å². The fraction of sp³-hybridized carbons (Fsp3) is 0.538. The molecule has 0 aliphatic rings. The summed E-state index contributed by atoms with van der Waals surface area (Å²) < 4.78 is 0. The Morgan fingerprint density at radius 3 is 2.20 bits per heavy atom. The van der Waals surface area contributed by atoms with Crippen LogP contribution in [0.3, 0.4) is 0 Å². The van der Waals surface area contributed by atoms with E-state index in [1.807, 2.05) is 0 Å². The first kappa shape index (κ1) is 14.5. The number of benzene rings is 1. The van der Waals surface area contributed by atoms with E-state index in [4.69, 9.17) is 0 Å². The lowest BCUT2D eigenvalue weighted by molar-refractivity contribution is 0.488. The molecular weight excluding hydrogens is 206 g/mol. The summed E-state index contributed by atoms with van der Waals surface area (Å²) >= 11 is 0. The highest BCUT2D eigenvalue weighted by Crippen LogP contribution is 2.00. The molecule has 0 unspecified atom stereocenters. The Bertz CT molecular complexity index is 232. The van der Waals surface area contributed by atoms with Gasteiger partial charge in [0, 0.05) is 6.04 Å². The summed E-state index contributed by atoms with van der Waals surface area (Å²) in [6.07, 6.45) is 3.59. The highest BCUT2D eigenvalue weighted by atomic mass is 35.5. The van der Waals surface area contributed by atoms with Gasteiger partial charge in [0.05, 0.1) is 0 Å². The van der Waals surface area contributed by atoms with E-state index in [1.165, 1.54) is 18.4 Å². The van der Waals surface area contributed by atoms with Gasteiger partial charge in [0.2, 0.25) is 0 Å². The van der Waals surface area contributed by atoms with Crippen LogP contribution in [0, 0.1) is 0 Å². The number of rotatable bonds is 6. The molecule has 0 spiro atoms. The standard InChI is InChI=1S/C13H21N.ClH/c1-3-13(4-2)14-11-10-12-8-6-5-7-9-12;/h5-9,13-14H,3-4,10-11H2,1-2H3;1H. The van der Waals surface area contributed by atoms with E-state index in [0.29, 0.717) is 6.04 Å². The van der Waals surface area contributed by atoms with E-state index < -0.39 is 0 Å². The lowest BCUT2D eigenvalue weighted by Gasteiger charge is -2.14. The highest BCUT2D eigenvalue weighted by molar-refractivity contribution is 5.85. The Hall–Kier alpha value is -0.530. The third-order valence-corrected chi connectivity index (χ3v) is 2.68. The smallest absolute Gasteiger partial charge is 0.00619 e. The van der Waals surface area contributed by atoms with Crippen LogP contribution >= 0.6 is 12.4 Å². The van der Waals surface area contributed by atoms with E-state index in [1.54, 1.807) is 0 Å². The van der Waals surface area contributed by atoms with Crippen LogP contribution in [0.2, 0.25) is 0 Å². The van der Waals surface area contributed by atoms with Gasteiger partial charge in [-0.15, -0.1) is 12.4 Å². The number of hydrogen-bond donors (Lipinski definition) is 1. The molecule has 0 bridgehead atoms. The average Bonchev–Trinajstić information content (AvgIpc) is 2.26. The molecule has 2 heteroatoms. The second-order valence-electron chi connectivity index (χ2n) is 3.70. The zero-order valence-corrected chi connectivity index (χ0v) is 10.5. The maximum Gasteiger partial charge on any atom is 0.00619 e. The molecule has 1 N–H and O–H groups in total. The fourth-order valence-electron chi connectivity index (χ4n) is 1.64. The molecule has 0 saturated carbocycles. The summed E-state index contributed by atoms with van der Waals surface area (Å²) in [5.74, 6) is 0. The maximum absolute atomic E-state index is 3.57. The van der Waals surface area contributed by atoms with Gasteiger partial charge in [-0.05, 0) is 31.4 Å². The molecule has 1 rings (SSSR count). The minimum absolute atomic E-state index is 0. The van der Waals surface area contributed by atoms with Crippen LogP contribution in [0.15, 0.2) is 30.3 Å². The summed E-state index contributed by atoms with van der Waals surface area (Å²) in [4.78, 5) is 0. The molecule has 0 atom stereocenters. The van der Waals surface area contributed by atoms with E-state index >= 15 is 0 Å². The van der Waals surface area contributed by atoms with Crippen LogP contribution in [0.1, 0.15) is 32.3 Å². The lowest BCUT2D eigenvalue weighted by atomic mass is 10.1. The van der Waals surface area contributed by atoms with Gasteiger partial charge < -0.3 is 5.32 Å². The van der Waals surface area contributed by atoms with Gasteiger partial charge in [0.1, 0.15) is 0 Å². The van der Waals surface area contributed by atoms with Crippen LogP contribution in [0.5, 0.6) is 0 Å². The largest absolute Gasteiger partial charge is 0.314 e. The molecule has 1 aromatic carbocycles. The Kier molecular flexibility index (Phi) is 8.44. The minimum atomic E-state index is 0. The van der Waals surface area contributed by atoms with E-state index in [0.717, 1.165) is 13.0 Å². The zero-order valence-electron chi connectivity index (χ0n) is 9.70. The summed E-state index contributed by atoms with van der Waals surface area (Å²) in [5.41, 5.74) is 1.42. The summed E-state index contributed by atoms with van der Waals surface area (Å²) in [5, 5.41) is 3.57. The van der Waals surface area contributed by atoms with Crippen LogP contribution in [0.4, 0.5) is 0 Å². The van der Waals surface area contributed by atoms with Crippen molar-refractivity contribution in [2.45, 2.75) is 39.2 Å². The molecule has 0 aromatic heterocycles. The highest BCUT2D eigenvalue weighted by Gasteiger charge is 2.00. The Morgan fingerprint density at radius 2 is 1.67 bits per heavy atom. The molecular formula is C13H22ClN.